The molecule has 5 rings (SSSR count). The fraction of sp³-hybridized carbons (Fsp3) is 0.333. The number of rotatable bonds is 3. The maximum absolute atomic E-state index is 14.7. The number of fused-ring (bicyclic) bond motifs is 3. The lowest BCUT2D eigenvalue weighted by Gasteiger charge is -2.25. The monoisotopic (exact) mass is 458 g/mol. The predicted molar refractivity (Wildman–Crippen MR) is 115 cm³/mol. The van der Waals surface area contributed by atoms with Gasteiger partial charge in [0.1, 0.15) is 11.6 Å². The molecule has 1 aliphatic carbocycles. The molecule has 32 heavy (non-hydrogen) atoms. The number of alkyl halides is 2. The highest BCUT2D eigenvalue weighted by molar-refractivity contribution is 6.28. The lowest BCUT2D eigenvalue weighted by Crippen LogP contribution is -2.44. The van der Waals surface area contributed by atoms with Crippen LogP contribution in [0.4, 0.5) is 26.0 Å². The Morgan fingerprint density at radius 3 is 2.91 bits per heavy atom. The van der Waals surface area contributed by atoms with Crippen molar-refractivity contribution in [2.45, 2.75) is 24.8 Å². The molecule has 8 nitrogen and oxygen atoms in total. The summed E-state index contributed by atoms with van der Waals surface area (Å²) < 4.78 is 36.2. The molecule has 0 saturated heterocycles. The van der Waals surface area contributed by atoms with E-state index in [-0.39, 0.29) is 34.0 Å². The fourth-order valence-corrected chi connectivity index (χ4v) is 4.09. The van der Waals surface area contributed by atoms with E-state index in [2.05, 4.69) is 20.6 Å². The van der Waals surface area contributed by atoms with Gasteiger partial charge in [0.05, 0.1) is 23.4 Å². The molecule has 3 aromatic rings. The Morgan fingerprint density at radius 1 is 1.41 bits per heavy atom. The molecule has 0 bridgehead atoms. The van der Waals surface area contributed by atoms with Crippen LogP contribution in [0.5, 0.6) is 5.75 Å². The van der Waals surface area contributed by atoms with Crippen molar-refractivity contribution < 1.29 is 13.5 Å². The number of hydrogen-bond donors (Lipinski definition) is 2. The van der Waals surface area contributed by atoms with Crippen LogP contribution in [0.25, 0.3) is 10.9 Å². The smallest absolute Gasteiger partial charge is 0.301 e. The molecule has 1 fully saturated rings. The van der Waals surface area contributed by atoms with Gasteiger partial charge in [-0.2, -0.15) is 10.2 Å². The number of nitrogens with zero attached hydrogens (tertiary/aromatic N) is 4. The van der Waals surface area contributed by atoms with Gasteiger partial charge in [-0.25, -0.2) is 13.8 Å². The summed E-state index contributed by atoms with van der Waals surface area (Å²) in [6.45, 7) is -0.863. The molecule has 2 aliphatic rings. The van der Waals surface area contributed by atoms with Crippen molar-refractivity contribution in [3.8, 4) is 11.8 Å². The predicted octanol–water partition coefficient (Wildman–Crippen LogP) is 3.82. The molecule has 11 heteroatoms. The van der Waals surface area contributed by atoms with Crippen LogP contribution in [0.2, 0.25) is 5.28 Å². The van der Waals surface area contributed by atoms with Gasteiger partial charge in [0, 0.05) is 18.1 Å². The Hall–Kier alpha value is -3.45. The standard InChI is InChI=1S/C21H17ClF2N6O2/c1-30-14-5-4-12(27-18-11(7-25)8-26-20(22)29-18)6-13(14)15-16(19(30)31)32-9-21(23,24)17(28-15)10-2-3-10/h4-6,8,10,17,28H,2-3,9H2,1H3,(H,26,27,29)/t17-/m0/s1. The Kier molecular flexibility index (Phi) is 4.67. The van der Waals surface area contributed by atoms with Crippen LogP contribution >= 0.6 is 11.6 Å². The SMILES string of the molecule is Cn1c(=O)c2c(c3cc(Nc4nc(Cl)ncc4C#N)ccc31)N[C@@H](C1CC1)C(F)(F)CO2. The minimum absolute atomic E-state index is 0.0341. The quantitative estimate of drug-likeness (QED) is 0.575. The van der Waals surface area contributed by atoms with Gasteiger partial charge in [-0.15, -0.1) is 0 Å². The van der Waals surface area contributed by atoms with Gasteiger partial charge in [0.2, 0.25) is 11.0 Å². The number of ether oxygens (including phenoxy) is 1. The van der Waals surface area contributed by atoms with Crippen LogP contribution in [0.15, 0.2) is 29.2 Å². The minimum atomic E-state index is -3.12. The van der Waals surface area contributed by atoms with Crippen LogP contribution in [0, 0.1) is 17.2 Å². The van der Waals surface area contributed by atoms with Crippen LogP contribution < -0.4 is 20.9 Å². The highest BCUT2D eigenvalue weighted by Crippen LogP contribution is 2.45. The molecule has 2 N–H and O–H groups in total. The van der Waals surface area contributed by atoms with E-state index in [9.17, 15) is 18.8 Å². The van der Waals surface area contributed by atoms with E-state index in [1.165, 1.54) is 10.8 Å². The summed E-state index contributed by atoms with van der Waals surface area (Å²) in [6.07, 6.45) is 2.69. The van der Waals surface area contributed by atoms with Gasteiger partial charge in [0.25, 0.3) is 5.56 Å². The lowest BCUT2D eigenvalue weighted by molar-refractivity contribution is -0.0579. The minimum Gasteiger partial charge on any atom is -0.480 e. The molecule has 0 amide bonds. The average Bonchev–Trinajstić information content (AvgIpc) is 3.60. The summed E-state index contributed by atoms with van der Waals surface area (Å²) >= 11 is 5.86. The zero-order valence-corrected chi connectivity index (χ0v) is 17.6. The second-order valence-corrected chi connectivity index (χ2v) is 8.29. The van der Waals surface area contributed by atoms with Gasteiger partial charge >= 0.3 is 5.92 Å². The van der Waals surface area contributed by atoms with Crippen molar-refractivity contribution in [3.63, 3.8) is 0 Å². The number of nitriles is 1. The van der Waals surface area contributed by atoms with E-state index in [1.807, 2.05) is 6.07 Å². The van der Waals surface area contributed by atoms with Crippen LogP contribution in [0.3, 0.4) is 0 Å². The molecule has 1 aliphatic heterocycles. The zero-order valence-electron chi connectivity index (χ0n) is 16.8. The van der Waals surface area contributed by atoms with Crippen molar-refractivity contribution in [1.29, 1.82) is 5.26 Å². The van der Waals surface area contributed by atoms with Crippen molar-refractivity contribution in [3.05, 3.63) is 45.6 Å². The number of nitrogens with one attached hydrogen (secondary N) is 2. The molecule has 3 heterocycles. The highest BCUT2D eigenvalue weighted by atomic mass is 35.5. The molecule has 0 spiro atoms. The first-order chi connectivity index (χ1) is 15.3. The van der Waals surface area contributed by atoms with Crippen LogP contribution in [0.1, 0.15) is 18.4 Å². The molecular weight excluding hydrogens is 442 g/mol. The number of benzene rings is 1. The Balaban J connectivity index is 1.65. The third kappa shape index (κ3) is 3.39. The Labute approximate surface area is 185 Å². The number of anilines is 3. The number of halogens is 3. The molecule has 0 unspecified atom stereocenters. The normalized spacial score (nSPS) is 19.3. The molecular formula is C21H17ClF2N6O2. The van der Waals surface area contributed by atoms with E-state index in [4.69, 9.17) is 16.3 Å². The first-order valence-electron chi connectivity index (χ1n) is 9.92. The van der Waals surface area contributed by atoms with Gasteiger partial charge in [-0.1, -0.05) is 0 Å². The van der Waals surface area contributed by atoms with E-state index in [0.29, 0.717) is 29.4 Å². The third-order valence-electron chi connectivity index (χ3n) is 5.75. The maximum Gasteiger partial charge on any atom is 0.301 e. The Bertz CT molecular complexity index is 1350. The number of aryl methyl sites for hydroxylation is 1. The molecule has 1 atom stereocenters. The van der Waals surface area contributed by atoms with Gasteiger partial charge < -0.3 is 19.9 Å². The fourth-order valence-electron chi connectivity index (χ4n) is 3.96. The van der Waals surface area contributed by atoms with Gasteiger partial charge in [-0.05, 0) is 48.6 Å². The average molecular weight is 459 g/mol. The molecule has 2 aromatic heterocycles. The number of hydrogen-bond acceptors (Lipinski definition) is 7. The van der Waals surface area contributed by atoms with Gasteiger partial charge in [0.15, 0.2) is 12.4 Å². The summed E-state index contributed by atoms with van der Waals surface area (Å²) in [5.74, 6) is -3.23. The highest BCUT2D eigenvalue weighted by Gasteiger charge is 2.51. The van der Waals surface area contributed by atoms with Crippen LogP contribution in [-0.2, 0) is 7.05 Å². The molecule has 164 valence electrons. The zero-order chi connectivity index (χ0) is 22.6. The largest absolute Gasteiger partial charge is 0.480 e. The summed E-state index contributed by atoms with van der Waals surface area (Å²) in [4.78, 5) is 20.7. The van der Waals surface area contributed by atoms with Crippen molar-refractivity contribution in [2.75, 3.05) is 17.2 Å². The Morgan fingerprint density at radius 2 is 2.19 bits per heavy atom. The van der Waals surface area contributed by atoms with Crippen LogP contribution in [-0.4, -0.2) is 33.1 Å². The second-order valence-electron chi connectivity index (χ2n) is 7.95. The lowest BCUT2D eigenvalue weighted by atomic mass is 10.0. The van der Waals surface area contributed by atoms with E-state index in [1.54, 1.807) is 25.2 Å². The van der Waals surface area contributed by atoms with Crippen molar-refractivity contribution >= 4 is 39.7 Å². The topological polar surface area (TPSA) is 105 Å². The maximum atomic E-state index is 14.7. The summed E-state index contributed by atoms with van der Waals surface area (Å²) in [7, 11) is 1.56. The summed E-state index contributed by atoms with van der Waals surface area (Å²) in [6, 6.07) is 5.92. The van der Waals surface area contributed by atoms with Crippen molar-refractivity contribution in [2.24, 2.45) is 13.0 Å². The number of aromatic nitrogens is 3. The molecule has 0 radical (unpaired) electrons. The molecule has 1 aromatic carbocycles. The molecule has 1 saturated carbocycles. The number of pyridine rings is 1. The van der Waals surface area contributed by atoms with Crippen molar-refractivity contribution in [1.82, 2.24) is 14.5 Å². The first kappa shape index (κ1) is 20.5. The first-order valence-corrected chi connectivity index (χ1v) is 10.3. The van der Waals surface area contributed by atoms with E-state index < -0.39 is 24.1 Å². The second kappa shape index (κ2) is 7.31. The van der Waals surface area contributed by atoms with E-state index >= 15 is 0 Å². The van der Waals surface area contributed by atoms with Gasteiger partial charge in [-0.3, -0.25) is 4.79 Å². The summed E-state index contributed by atoms with van der Waals surface area (Å²) in [5, 5.41) is 15.7. The van der Waals surface area contributed by atoms with E-state index in [0.717, 1.165) is 0 Å². The third-order valence-corrected chi connectivity index (χ3v) is 5.94. The summed E-state index contributed by atoms with van der Waals surface area (Å²) in [5.41, 5.74) is 0.981.